The molecule has 1 atom stereocenters. The van der Waals surface area contributed by atoms with Crippen molar-refractivity contribution in [2.24, 2.45) is 0 Å². The van der Waals surface area contributed by atoms with E-state index in [0.29, 0.717) is 35.6 Å². The predicted molar refractivity (Wildman–Crippen MR) is 92.4 cm³/mol. The third-order valence-electron chi connectivity index (χ3n) is 4.46. The van der Waals surface area contributed by atoms with E-state index in [1.54, 1.807) is 19.1 Å². The van der Waals surface area contributed by atoms with Gasteiger partial charge < -0.3 is 14.6 Å². The van der Waals surface area contributed by atoms with Crippen LogP contribution in [0.15, 0.2) is 28.8 Å². The number of para-hydroxylation sites is 1. The predicted octanol–water partition coefficient (Wildman–Crippen LogP) is 2.17. The normalized spacial score (nSPS) is 17.6. The Kier molecular flexibility index (Phi) is 5.65. The average Bonchev–Trinajstić information content (AvgIpc) is 3.26. The van der Waals surface area contributed by atoms with Gasteiger partial charge in [-0.25, -0.2) is 0 Å². The van der Waals surface area contributed by atoms with E-state index in [0.717, 1.165) is 19.5 Å². The van der Waals surface area contributed by atoms with Crippen LogP contribution in [-0.2, 0) is 6.61 Å². The molecule has 1 aromatic heterocycles. The maximum Gasteiger partial charge on any atom is 0.255 e. The Labute approximate surface area is 147 Å². The molecule has 1 saturated heterocycles. The molecule has 134 valence electrons. The number of aryl methyl sites for hydroxylation is 1. The van der Waals surface area contributed by atoms with Gasteiger partial charge in [-0.05, 0) is 38.1 Å². The molecule has 2 aromatic rings. The van der Waals surface area contributed by atoms with Gasteiger partial charge in [0.25, 0.3) is 5.91 Å². The monoisotopic (exact) mass is 344 g/mol. The van der Waals surface area contributed by atoms with Gasteiger partial charge in [0, 0.05) is 19.5 Å². The van der Waals surface area contributed by atoms with Gasteiger partial charge in [-0.2, -0.15) is 4.98 Å². The van der Waals surface area contributed by atoms with Crippen molar-refractivity contribution in [3.8, 4) is 5.75 Å². The molecule has 0 aliphatic carbocycles. The van der Waals surface area contributed by atoms with E-state index < -0.39 is 0 Å². The summed E-state index contributed by atoms with van der Waals surface area (Å²) in [6.45, 7) is 6.83. The van der Waals surface area contributed by atoms with Crippen LogP contribution in [0.25, 0.3) is 0 Å². The van der Waals surface area contributed by atoms with Gasteiger partial charge in [0.15, 0.2) is 6.61 Å². The minimum absolute atomic E-state index is 0.122. The molecule has 3 rings (SSSR count). The molecule has 1 fully saturated rings. The highest BCUT2D eigenvalue weighted by Gasteiger charge is 2.23. The number of likely N-dealkylation sites (N-methyl/N-ethyl adjacent to an activating group) is 1. The Morgan fingerprint density at radius 3 is 3.04 bits per heavy atom. The van der Waals surface area contributed by atoms with Crippen molar-refractivity contribution in [2.45, 2.75) is 39.3 Å². The van der Waals surface area contributed by atoms with Gasteiger partial charge >= 0.3 is 0 Å². The number of aromatic nitrogens is 2. The van der Waals surface area contributed by atoms with E-state index in [1.807, 2.05) is 12.1 Å². The van der Waals surface area contributed by atoms with Crippen molar-refractivity contribution < 1.29 is 14.1 Å². The summed E-state index contributed by atoms with van der Waals surface area (Å²) in [6, 6.07) is 7.62. The van der Waals surface area contributed by atoms with Crippen LogP contribution in [0.2, 0.25) is 0 Å². The maximum atomic E-state index is 12.6. The number of hydrogen-bond acceptors (Lipinski definition) is 6. The fraction of sp³-hybridized carbons (Fsp3) is 0.500. The lowest BCUT2D eigenvalue weighted by molar-refractivity contribution is 0.0936. The summed E-state index contributed by atoms with van der Waals surface area (Å²) in [5, 5.41) is 6.83. The number of hydrogen-bond donors (Lipinski definition) is 1. The number of benzene rings is 1. The number of ether oxygens (including phenoxy) is 1. The average molecular weight is 344 g/mol. The second-order valence-corrected chi connectivity index (χ2v) is 6.15. The van der Waals surface area contributed by atoms with E-state index in [1.165, 1.54) is 6.42 Å². The molecule has 0 bridgehead atoms. The molecule has 1 aliphatic heterocycles. The molecule has 1 aromatic carbocycles. The Morgan fingerprint density at radius 1 is 1.44 bits per heavy atom. The van der Waals surface area contributed by atoms with Crippen molar-refractivity contribution >= 4 is 5.91 Å². The van der Waals surface area contributed by atoms with E-state index >= 15 is 0 Å². The molecule has 0 saturated carbocycles. The summed E-state index contributed by atoms with van der Waals surface area (Å²) in [6.07, 6.45) is 2.32. The number of likely N-dealkylation sites (tertiary alicyclic amines) is 1. The van der Waals surface area contributed by atoms with Crippen LogP contribution in [0.1, 0.15) is 41.8 Å². The molecule has 1 N–H and O–H groups in total. The van der Waals surface area contributed by atoms with E-state index in [9.17, 15) is 4.79 Å². The number of nitrogens with one attached hydrogen (secondary N) is 1. The fourth-order valence-corrected chi connectivity index (χ4v) is 3.17. The quantitative estimate of drug-likeness (QED) is 0.829. The summed E-state index contributed by atoms with van der Waals surface area (Å²) in [4.78, 5) is 19.1. The molecular formula is C18H24N4O3. The molecule has 25 heavy (non-hydrogen) atoms. The van der Waals surface area contributed by atoms with E-state index in [4.69, 9.17) is 9.26 Å². The second-order valence-electron chi connectivity index (χ2n) is 6.15. The number of carbonyl (C=O) groups is 1. The van der Waals surface area contributed by atoms with Crippen molar-refractivity contribution in [1.82, 2.24) is 20.4 Å². The summed E-state index contributed by atoms with van der Waals surface area (Å²) >= 11 is 0. The first-order chi connectivity index (χ1) is 12.2. The highest BCUT2D eigenvalue weighted by atomic mass is 16.5. The summed E-state index contributed by atoms with van der Waals surface area (Å²) in [5.41, 5.74) is 0.517. The van der Waals surface area contributed by atoms with E-state index in [-0.39, 0.29) is 12.5 Å². The highest BCUT2D eigenvalue weighted by Crippen LogP contribution is 2.20. The van der Waals surface area contributed by atoms with Gasteiger partial charge in [0.05, 0.1) is 5.56 Å². The van der Waals surface area contributed by atoms with Crippen molar-refractivity contribution in [3.05, 3.63) is 41.5 Å². The first-order valence-electron chi connectivity index (χ1n) is 8.70. The number of nitrogens with zero attached hydrogens (tertiary/aromatic N) is 3. The topological polar surface area (TPSA) is 80.5 Å². The number of amides is 1. The standard InChI is InChI=1S/C18H24N4O3/c1-3-22-10-6-7-14(22)11-19-18(23)15-8-4-5-9-16(15)24-12-17-20-13(2)25-21-17/h4-5,8-9,14H,3,6-7,10-12H2,1-2H3,(H,19,23)/t14-/m0/s1. The summed E-state index contributed by atoms with van der Waals surface area (Å²) in [7, 11) is 0. The lowest BCUT2D eigenvalue weighted by atomic mass is 10.1. The first kappa shape index (κ1) is 17.4. The Balaban J connectivity index is 1.60. The number of carbonyl (C=O) groups excluding carboxylic acids is 1. The van der Waals surface area contributed by atoms with Crippen LogP contribution < -0.4 is 10.1 Å². The summed E-state index contributed by atoms with van der Waals surface area (Å²) < 4.78 is 10.6. The van der Waals surface area contributed by atoms with Crippen LogP contribution >= 0.6 is 0 Å². The second kappa shape index (κ2) is 8.11. The van der Waals surface area contributed by atoms with Crippen LogP contribution in [0.4, 0.5) is 0 Å². The smallest absolute Gasteiger partial charge is 0.255 e. The lowest BCUT2D eigenvalue weighted by Crippen LogP contribution is -2.40. The van der Waals surface area contributed by atoms with Crippen molar-refractivity contribution in [1.29, 1.82) is 0 Å². The first-order valence-corrected chi connectivity index (χ1v) is 8.70. The van der Waals surface area contributed by atoms with Crippen LogP contribution in [0.3, 0.4) is 0 Å². The van der Waals surface area contributed by atoms with Gasteiger partial charge in [0.1, 0.15) is 5.75 Å². The van der Waals surface area contributed by atoms with Crippen LogP contribution in [0.5, 0.6) is 5.75 Å². The van der Waals surface area contributed by atoms with Gasteiger partial charge in [0.2, 0.25) is 11.7 Å². The molecule has 2 heterocycles. The molecule has 0 unspecified atom stereocenters. The molecule has 7 heteroatoms. The van der Waals surface area contributed by atoms with Crippen molar-refractivity contribution in [3.63, 3.8) is 0 Å². The van der Waals surface area contributed by atoms with E-state index in [2.05, 4.69) is 27.3 Å². The zero-order chi connectivity index (χ0) is 17.6. The molecule has 0 spiro atoms. The SMILES string of the molecule is CCN1CCC[C@H]1CNC(=O)c1ccccc1OCc1noc(C)n1. The largest absolute Gasteiger partial charge is 0.485 e. The zero-order valence-corrected chi connectivity index (χ0v) is 14.7. The maximum absolute atomic E-state index is 12.6. The Hall–Kier alpha value is -2.41. The molecule has 7 nitrogen and oxygen atoms in total. The molecule has 1 amide bonds. The zero-order valence-electron chi connectivity index (χ0n) is 14.7. The Morgan fingerprint density at radius 2 is 2.28 bits per heavy atom. The van der Waals surface area contributed by atoms with Crippen molar-refractivity contribution in [2.75, 3.05) is 19.6 Å². The Bertz CT molecular complexity index is 716. The molecular weight excluding hydrogens is 320 g/mol. The summed E-state index contributed by atoms with van der Waals surface area (Å²) in [5.74, 6) is 1.34. The van der Waals surface area contributed by atoms with Gasteiger partial charge in [-0.15, -0.1) is 0 Å². The van der Waals surface area contributed by atoms with Crippen LogP contribution in [-0.4, -0.2) is 46.6 Å². The molecule has 0 radical (unpaired) electrons. The third kappa shape index (κ3) is 4.36. The third-order valence-corrected chi connectivity index (χ3v) is 4.46. The fourth-order valence-electron chi connectivity index (χ4n) is 3.17. The molecule has 1 aliphatic rings. The minimum Gasteiger partial charge on any atom is -0.485 e. The van der Waals surface area contributed by atoms with Crippen LogP contribution in [0, 0.1) is 6.92 Å². The highest BCUT2D eigenvalue weighted by molar-refractivity contribution is 5.96. The van der Waals surface area contributed by atoms with Gasteiger partial charge in [-0.1, -0.05) is 24.2 Å². The lowest BCUT2D eigenvalue weighted by Gasteiger charge is -2.23. The van der Waals surface area contributed by atoms with Gasteiger partial charge in [-0.3, -0.25) is 9.69 Å². The number of rotatable bonds is 7. The minimum atomic E-state index is -0.122.